The monoisotopic (exact) mass is 364 g/mol. The van der Waals surface area contributed by atoms with E-state index in [0.717, 1.165) is 5.52 Å². The summed E-state index contributed by atoms with van der Waals surface area (Å²) in [5.74, 6) is 1.12. The van der Waals surface area contributed by atoms with Crippen molar-refractivity contribution in [2.45, 2.75) is 19.5 Å². The molecule has 3 heterocycles. The van der Waals surface area contributed by atoms with E-state index in [1.54, 1.807) is 28.9 Å². The molecule has 7 nitrogen and oxygen atoms in total. The molecule has 4 rings (SSSR count). The lowest BCUT2D eigenvalue weighted by Gasteiger charge is -2.30. The first-order chi connectivity index (χ1) is 13.1. The third kappa shape index (κ3) is 3.04. The second-order valence-electron chi connectivity index (χ2n) is 6.16. The van der Waals surface area contributed by atoms with E-state index in [4.69, 9.17) is 16.5 Å². The first-order valence-electron chi connectivity index (χ1n) is 8.64. The molecule has 1 aromatic carbocycles. The quantitative estimate of drug-likeness (QED) is 0.730. The predicted octanol–water partition coefficient (Wildman–Crippen LogP) is 1.43. The van der Waals surface area contributed by atoms with Crippen LogP contribution >= 0.6 is 0 Å². The van der Waals surface area contributed by atoms with E-state index < -0.39 is 6.17 Å². The Morgan fingerprint density at radius 3 is 2.81 bits per heavy atom. The number of benzene rings is 1. The van der Waals surface area contributed by atoms with Gasteiger partial charge >= 0.3 is 0 Å². The van der Waals surface area contributed by atoms with Gasteiger partial charge in [0.05, 0.1) is 5.52 Å². The highest BCUT2D eigenvalue weighted by Gasteiger charge is 2.27. The van der Waals surface area contributed by atoms with E-state index in [9.17, 15) is 4.39 Å². The first kappa shape index (κ1) is 17.2. The molecule has 0 spiro atoms. The number of halogens is 1. The average molecular weight is 364 g/mol. The molecule has 0 saturated heterocycles. The molecule has 1 atom stereocenters. The van der Waals surface area contributed by atoms with Gasteiger partial charge in [-0.15, -0.1) is 0 Å². The normalized spacial score (nSPS) is 17.1. The Morgan fingerprint density at radius 1 is 1.22 bits per heavy atom. The van der Waals surface area contributed by atoms with Gasteiger partial charge in [-0.25, -0.2) is 18.9 Å². The molecule has 3 aromatic rings. The number of hydrogen-bond acceptors (Lipinski definition) is 6. The van der Waals surface area contributed by atoms with Crippen molar-refractivity contribution < 1.29 is 4.39 Å². The maximum absolute atomic E-state index is 14.1. The van der Waals surface area contributed by atoms with E-state index in [1.165, 1.54) is 6.07 Å². The number of hydrogen-bond donors (Lipinski definition) is 2. The molecule has 1 aliphatic rings. The molecular formula is C19H19FN7. The van der Waals surface area contributed by atoms with Crippen molar-refractivity contribution >= 4 is 11.4 Å². The zero-order chi connectivity index (χ0) is 19.0. The number of fused-ring (bicyclic) bond motifs is 1. The third-order valence-corrected chi connectivity index (χ3v) is 4.47. The fraction of sp³-hybridized carbons (Fsp3) is 0.211. The van der Waals surface area contributed by atoms with Crippen LogP contribution in [0.25, 0.3) is 5.52 Å². The number of aromatic nitrogens is 3. The zero-order valence-electron chi connectivity index (χ0n) is 14.8. The fourth-order valence-electron chi connectivity index (χ4n) is 3.19. The predicted molar refractivity (Wildman–Crippen MR) is 100 cm³/mol. The second-order valence-corrected chi connectivity index (χ2v) is 6.16. The molecular weight excluding hydrogens is 345 g/mol. The van der Waals surface area contributed by atoms with Crippen molar-refractivity contribution in [3.63, 3.8) is 0 Å². The Bertz CT molecular complexity index is 1050. The van der Waals surface area contributed by atoms with Gasteiger partial charge in [0.1, 0.15) is 29.3 Å². The summed E-state index contributed by atoms with van der Waals surface area (Å²) in [7, 11) is 0. The van der Waals surface area contributed by atoms with Gasteiger partial charge in [0.25, 0.3) is 0 Å². The van der Waals surface area contributed by atoms with Crippen molar-refractivity contribution in [3.05, 3.63) is 77.4 Å². The minimum atomic E-state index is -0.508. The van der Waals surface area contributed by atoms with Crippen molar-refractivity contribution in [1.82, 2.24) is 19.5 Å². The van der Waals surface area contributed by atoms with Crippen molar-refractivity contribution in [2.24, 2.45) is 16.5 Å². The van der Waals surface area contributed by atoms with Crippen molar-refractivity contribution in [1.29, 1.82) is 0 Å². The highest BCUT2D eigenvalue weighted by molar-refractivity contribution is 6.04. The summed E-state index contributed by atoms with van der Waals surface area (Å²) in [5.41, 5.74) is 13.9. The smallest absolute Gasteiger partial charge is 0.160 e. The van der Waals surface area contributed by atoms with Crippen LogP contribution in [0.5, 0.6) is 0 Å². The van der Waals surface area contributed by atoms with Crippen LogP contribution in [-0.4, -0.2) is 38.0 Å². The molecule has 1 aliphatic heterocycles. The maximum atomic E-state index is 14.1. The number of likely N-dealkylation sites (N-methyl/N-ethyl adjacent to an activating group) is 1. The SMILES string of the molecule is CCN1C(c2nc(Cc3ccccc3F)n3ncccc23)=NC(N)=[C]C1N. The molecule has 0 aliphatic carbocycles. The van der Waals surface area contributed by atoms with Gasteiger partial charge in [-0.05, 0) is 30.7 Å². The number of nitrogens with two attached hydrogens (primary N) is 2. The third-order valence-electron chi connectivity index (χ3n) is 4.47. The molecule has 8 heteroatoms. The molecule has 137 valence electrons. The van der Waals surface area contributed by atoms with Gasteiger partial charge in [0, 0.05) is 25.2 Å². The van der Waals surface area contributed by atoms with Gasteiger partial charge in [-0.1, -0.05) is 18.2 Å². The van der Waals surface area contributed by atoms with E-state index in [1.807, 2.05) is 24.0 Å². The van der Waals surface area contributed by atoms with Gasteiger partial charge in [-0.3, -0.25) is 0 Å². The van der Waals surface area contributed by atoms with Crippen LogP contribution in [-0.2, 0) is 6.42 Å². The zero-order valence-corrected chi connectivity index (χ0v) is 14.8. The molecule has 27 heavy (non-hydrogen) atoms. The fourth-order valence-corrected chi connectivity index (χ4v) is 3.19. The van der Waals surface area contributed by atoms with Crippen LogP contribution in [0.2, 0.25) is 0 Å². The minimum absolute atomic E-state index is 0.225. The number of rotatable bonds is 4. The number of nitrogens with zero attached hydrogens (tertiary/aromatic N) is 5. The Kier molecular flexibility index (Phi) is 4.33. The van der Waals surface area contributed by atoms with Crippen LogP contribution in [0.4, 0.5) is 4.39 Å². The van der Waals surface area contributed by atoms with E-state index in [0.29, 0.717) is 35.9 Å². The molecule has 1 radical (unpaired) electrons. The molecule has 0 fully saturated rings. The summed E-state index contributed by atoms with van der Waals surface area (Å²) in [4.78, 5) is 11.0. The number of aliphatic imine (C=N–C) groups is 1. The Balaban J connectivity index is 1.85. The molecule has 4 N–H and O–H groups in total. The second kappa shape index (κ2) is 6.81. The van der Waals surface area contributed by atoms with Gasteiger partial charge in [-0.2, -0.15) is 5.10 Å². The highest BCUT2D eigenvalue weighted by atomic mass is 19.1. The Morgan fingerprint density at radius 2 is 2.04 bits per heavy atom. The minimum Gasteiger partial charge on any atom is -0.383 e. The van der Waals surface area contributed by atoms with Crippen LogP contribution in [0, 0.1) is 11.9 Å². The lowest BCUT2D eigenvalue weighted by atomic mass is 10.1. The molecule has 0 amide bonds. The maximum Gasteiger partial charge on any atom is 0.160 e. The number of imidazole rings is 1. The topological polar surface area (TPSA) is 97.8 Å². The summed E-state index contributed by atoms with van der Waals surface area (Å²) in [5, 5.41) is 4.38. The molecule has 1 unspecified atom stereocenters. The summed E-state index contributed by atoms with van der Waals surface area (Å²) >= 11 is 0. The number of amidine groups is 1. The van der Waals surface area contributed by atoms with E-state index in [2.05, 4.69) is 16.2 Å². The lowest BCUT2D eigenvalue weighted by Crippen LogP contribution is -2.48. The largest absolute Gasteiger partial charge is 0.383 e. The van der Waals surface area contributed by atoms with Crippen molar-refractivity contribution in [2.75, 3.05) is 6.54 Å². The highest BCUT2D eigenvalue weighted by Crippen LogP contribution is 2.21. The summed E-state index contributed by atoms with van der Waals surface area (Å²) < 4.78 is 15.8. The average Bonchev–Trinajstić information content (AvgIpc) is 3.02. The summed E-state index contributed by atoms with van der Waals surface area (Å²) in [6, 6.07) is 10.3. The summed E-state index contributed by atoms with van der Waals surface area (Å²) in [6.45, 7) is 2.58. The van der Waals surface area contributed by atoms with E-state index >= 15 is 0 Å². The molecule has 0 bridgehead atoms. The van der Waals surface area contributed by atoms with E-state index in [-0.39, 0.29) is 11.6 Å². The van der Waals surface area contributed by atoms with Gasteiger partial charge < -0.3 is 16.4 Å². The van der Waals surface area contributed by atoms with Crippen LogP contribution in [0.1, 0.15) is 24.0 Å². The Labute approximate surface area is 155 Å². The summed E-state index contributed by atoms with van der Waals surface area (Å²) in [6.07, 6.45) is 4.35. The molecule has 0 saturated carbocycles. The van der Waals surface area contributed by atoms with Crippen LogP contribution in [0.15, 0.2) is 53.4 Å². The Hall–Kier alpha value is -3.26. The van der Waals surface area contributed by atoms with Crippen LogP contribution < -0.4 is 11.5 Å². The van der Waals surface area contributed by atoms with Crippen molar-refractivity contribution in [3.8, 4) is 0 Å². The van der Waals surface area contributed by atoms with Crippen LogP contribution in [0.3, 0.4) is 0 Å². The lowest BCUT2D eigenvalue weighted by molar-refractivity contribution is 0.366. The first-order valence-corrected chi connectivity index (χ1v) is 8.64. The van der Waals surface area contributed by atoms with Gasteiger partial charge in [0.15, 0.2) is 5.84 Å². The standard InChI is InChI=1S/C19H19FN7/c1-2-26-16(22)11-15(21)24-19(26)18-14-8-5-9-23-27(14)17(25-18)10-12-6-3-4-7-13(12)20/h3-9,16H,2,10,21-22H2,1H3. The van der Waals surface area contributed by atoms with Gasteiger partial charge in [0.2, 0.25) is 0 Å². The molecule has 2 aromatic heterocycles.